The SMILES string of the molecule is CS(=O)(=O)OCc1ccc2c(c1)CCN(CCN1C[C@H]3C[C@H](OC(=O)Nc4ccccc4-c4ccccc4)C[C@H]3C1)C2=O. The molecule has 0 aromatic heterocycles. The molecule has 2 amide bonds. The van der Waals surface area contributed by atoms with Crippen molar-refractivity contribution in [1.29, 1.82) is 0 Å². The Morgan fingerprint density at radius 2 is 1.65 bits per heavy atom. The molecule has 0 spiro atoms. The molecule has 1 saturated heterocycles. The highest BCUT2D eigenvalue weighted by atomic mass is 32.2. The molecule has 9 nitrogen and oxygen atoms in total. The standard InChI is InChI=1S/C33H37N3O6S/c1-43(39,40)41-22-23-11-12-30-25(17-23)13-14-36(32(30)37)16-15-35-20-26-18-28(19-27(26)21-35)42-33(38)34-31-10-6-5-9-29(31)24-7-3-2-4-8-24/h2-12,17,26-28H,13-16,18-22H2,1H3,(H,34,38)/t26-,27+,28+. The van der Waals surface area contributed by atoms with Crippen molar-refractivity contribution < 1.29 is 26.9 Å². The highest BCUT2D eigenvalue weighted by Gasteiger charge is 2.42. The van der Waals surface area contributed by atoms with Gasteiger partial charge in [0.25, 0.3) is 16.0 Å². The largest absolute Gasteiger partial charge is 0.446 e. The zero-order valence-electron chi connectivity index (χ0n) is 24.3. The molecule has 0 bridgehead atoms. The maximum Gasteiger partial charge on any atom is 0.411 e. The van der Waals surface area contributed by atoms with Crippen LogP contribution in [-0.4, -0.2) is 75.3 Å². The topological polar surface area (TPSA) is 105 Å². The van der Waals surface area contributed by atoms with Gasteiger partial charge >= 0.3 is 6.09 Å². The predicted molar refractivity (Wildman–Crippen MR) is 164 cm³/mol. The van der Waals surface area contributed by atoms with E-state index in [1.807, 2.05) is 65.6 Å². The molecule has 3 aliphatic rings. The van der Waals surface area contributed by atoms with Crippen LogP contribution in [0, 0.1) is 11.8 Å². The minimum absolute atomic E-state index is 0.0181. The predicted octanol–water partition coefficient (Wildman–Crippen LogP) is 4.79. The molecule has 10 heteroatoms. The van der Waals surface area contributed by atoms with E-state index in [1.54, 1.807) is 12.1 Å². The summed E-state index contributed by atoms with van der Waals surface area (Å²) in [5.41, 5.74) is 5.08. The van der Waals surface area contributed by atoms with Crippen molar-refractivity contribution in [3.8, 4) is 11.1 Å². The van der Waals surface area contributed by atoms with E-state index < -0.39 is 16.2 Å². The third kappa shape index (κ3) is 7.09. The van der Waals surface area contributed by atoms with E-state index in [9.17, 15) is 18.0 Å². The minimum atomic E-state index is -3.52. The van der Waals surface area contributed by atoms with E-state index in [0.29, 0.717) is 30.5 Å². The van der Waals surface area contributed by atoms with Crippen molar-refractivity contribution in [2.45, 2.75) is 32.0 Å². The quantitative estimate of drug-likeness (QED) is 0.351. The number of ether oxygens (including phenoxy) is 1. The lowest BCUT2D eigenvalue weighted by atomic mass is 9.97. The lowest BCUT2D eigenvalue weighted by Crippen LogP contribution is -2.42. The number of amides is 2. The van der Waals surface area contributed by atoms with Crippen molar-refractivity contribution in [3.05, 3.63) is 89.5 Å². The highest BCUT2D eigenvalue weighted by molar-refractivity contribution is 7.85. The first kappa shape index (κ1) is 29.3. The van der Waals surface area contributed by atoms with E-state index in [4.69, 9.17) is 8.92 Å². The summed E-state index contributed by atoms with van der Waals surface area (Å²) < 4.78 is 33.3. The summed E-state index contributed by atoms with van der Waals surface area (Å²) in [6.07, 6.45) is 2.97. The van der Waals surface area contributed by atoms with Gasteiger partial charge in [-0.1, -0.05) is 60.7 Å². The molecule has 1 N–H and O–H groups in total. The summed E-state index contributed by atoms with van der Waals surface area (Å²) in [6, 6.07) is 23.1. The number of hydrogen-bond donors (Lipinski definition) is 1. The van der Waals surface area contributed by atoms with E-state index >= 15 is 0 Å². The zero-order valence-corrected chi connectivity index (χ0v) is 25.1. The summed E-state index contributed by atoms with van der Waals surface area (Å²) in [5.74, 6) is 0.990. The molecule has 3 atom stereocenters. The first-order valence-corrected chi connectivity index (χ1v) is 16.6. The van der Waals surface area contributed by atoms with Crippen LogP contribution < -0.4 is 5.32 Å². The molecular weight excluding hydrogens is 566 g/mol. The fourth-order valence-electron chi connectivity index (χ4n) is 6.70. The van der Waals surface area contributed by atoms with Crippen LogP contribution in [0.4, 0.5) is 10.5 Å². The molecule has 0 unspecified atom stereocenters. The Balaban J connectivity index is 0.957. The summed E-state index contributed by atoms with van der Waals surface area (Å²) >= 11 is 0. The summed E-state index contributed by atoms with van der Waals surface area (Å²) in [5, 5.41) is 2.95. The van der Waals surface area contributed by atoms with Gasteiger partial charge in [-0.3, -0.25) is 14.3 Å². The van der Waals surface area contributed by atoms with Gasteiger partial charge < -0.3 is 14.5 Å². The lowest BCUT2D eigenvalue weighted by Gasteiger charge is -2.30. The van der Waals surface area contributed by atoms with Gasteiger partial charge in [0, 0.05) is 43.9 Å². The maximum absolute atomic E-state index is 13.2. The van der Waals surface area contributed by atoms with Crippen LogP contribution >= 0.6 is 0 Å². The van der Waals surface area contributed by atoms with Gasteiger partial charge in [-0.05, 0) is 59.9 Å². The molecule has 1 aliphatic carbocycles. The minimum Gasteiger partial charge on any atom is -0.446 e. The zero-order chi connectivity index (χ0) is 30.0. The first-order valence-electron chi connectivity index (χ1n) is 14.8. The van der Waals surface area contributed by atoms with Gasteiger partial charge in [-0.25, -0.2) is 4.79 Å². The van der Waals surface area contributed by atoms with Crippen LogP contribution in [0.2, 0.25) is 0 Å². The summed E-state index contributed by atoms with van der Waals surface area (Å²) in [6.45, 7) is 3.99. The lowest BCUT2D eigenvalue weighted by molar-refractivity contribution is 0.0720. The maximum atomic E-state index is 13.2. The number of anilines is 1. The Labute approximate surface area is 252 Å². The Hall–Kier alpha value is -3.73. The monoisotopic (exact) mass is 603 g/mol. The number of rotatable bonds is 9. The van der Waals surface area contributed by atoms with Gasteiger partial charge in [0.1, 0.15) is 6.10 Å². The van der Waals surface area contributed by atoms with E-state index in [0.717, 1.165) is 73.1 Å². The molecule has 226 valence electrons. The number of nitrogens with zero attached hydrogens (tertiary/aromatic N) is 2. The molecular formula is C33H37N3O6S. The van der Waals surface area contributed by atoms with Crippen LogP contribution in [0.15, 0.2) is 72.8 Å². The first-order chi connectivity index (χ1) is 20.7. The second-order valence-corrected chi connectivity index (χ2v) is 13.5. The second kappa shape index (κ2) is 12.5. The second-order valence-electron chi connectivity index (χ2n) is 11.8. The number of benzene rings is 3. The van der Waals surface area contributed by atoms with Crippen molar-refractivity contribution in [1.82, 2.24) is 9.80 Å². The third-order valence-corrected chi connectivity index (χ3v) is 9.32. The van der Waals surface area contributed by atoms with Crippen molar-refractivity contribution >= 4 is 27.8 Å². The van der Waals surface area contributed by atoms with Crippen LogP contribution in [0.5, 0.6) is 0 Å². The van der Waals surface area contributed by atoms with E-state index in [1.165, 1.54) is 0 Å². The van der Waals surface area contributed by atoms with Gasteiger partial charge in [-0.15, -0.1) is 0 Å². The average Bonchev–Trinajstić information content (AvgIpc) is 3.54. The number of fused-ring (bicyclic) bond motifs is 2. The third-order valence-electron chi connectivity index (χ3n) is 8.77. The Morgan fingerprint density at radius 1 is 0.930 bits per heavy atom. The molecule has 3 aromatic carbocycles. The van der Waals surface area contributed by atoms with Gasteiger partial charge in [0.15, 0.2) is 0 Å². The van der Waals surface area contributed by atoms with E-state index in [-0.39, 0.29) is 18.6 Å². The normalized spacial score (nSPS) is 21.8. The van der Waals surface area contributed by atoms with Crippen LogP contribution in [0.25, 0.3) is 11.1 Å². The fraction of sp³-hybridized carbons (Fsp3) is 0.394. The number of nitrogens with one attached hydrogen (secondary N) is 1. The molecule has 6 rings (SSSR count). The molecule has 2 heterocycles. The van der Waals surface area contributed by atoms with Gasteiger partial charge in [-0.2, -0.15) is 8.42 Å². The Kier molecular flexibility index (Phi) is 8.52. The summed E-state index contributed by atoms with van der Waals surface area (Å²) in [7, 11) is -3.52. The number of carbonyl (C=O) groups excluding carboxylic acids is 2. The van der Waals surface area contributed by atoms with E-state index in [2.05, 4.69) is 10.2 Å². The molecule has 43 heavy (non-hydrogen) atoms. The smallest absolute Gasteiger partial charge is 0.411 e. The Bertz CT molecular complexity index is 1580. The number of likely N-dealkylation sites (tertiary alicyclic amines) is 1. The highest BCUT2D eigenvalue weighted by Crippen LogP contribution is 2.39. The average molecular weight is 604 g/mol. The molecule has 1 saturated carbocycles. The molecule has 0 radical (unpaired) electrons. The molecule has 3 aromatic rings. The number of hydrogen-bond acceptors (Lipinski definition) is 7. The van der Waals surface area contributed by atoms with Crippen LogP contribution in [0.3, 0.4) is 0 Å². The van der Waals surface area contributed by atoms with Crippen molar-refractivity contribution in [2.75, 3.05) is 44.3 Å². The summed E-state index contributed by atoms with van der Waals surface area (Å²) in [4.78, 5) is 30.3. The van der Waals surface area contributed by atoms with Crippen LogP contribution in [0.1, 0.15) is 34.3 Å². The van der Waals surface area contributed by atoms with Gasteiger partial charge in [0.05, 0.1) is 18.6 Å². The van der Waals surface area contributed by atoms with Crippen molar-refractivity contribution in [3.63, 3.8) is 0 Å². The number of carbonyl (C=O) groups is 2. The molecule has 2 fully saturated rings. The molecule has 2 aliphatic heterocycles. The number of para-hydroxylation sites is 1. The van der Waals surface area contributed by atoms with Crippen molar-refractivity contribution in [2.24, 2.45) is 11.8 Å². The van der Waals surface area contributed by atoms with Gasteiger partial charge in [0.2, 0.25) is 0 Å². The van der Waals surface area contributed by atoms with Crippen LogP contribution in [-0.2, 0) is 32.1 Å². The Morgan fingerprint density at radius 3 is 2.40 bits per heavy atom. The fourth-order valence-corrected chi connectivity index (χ4v) is 7.05.